The molecule has 1 unspecified atom stereocenters. The van der Waals surface area contributed by atoms with Crippen LogP contribution in [-0.2, 0) is 0 Å². The summed E-state index contributed by atoms with van der Waals surface area (Å²) in [6.45, 7) is 1.98. The third kappa shape index (κ3) is 3.13. The molecule has 1 rings (SSSR count). The first-order valence-corrected chi connectivity index (χ1v) is 6.41. The van der Waals surface area contributed by atoms with Crippen molar-refractivity contribution in [3.63, 3.8) is 0 Å². The van der Waals surface area contributed by atoms with Gasteiger partial charge in [-0.2, -0.15) is 11.8 Å². The van der Waals surface area contributed by atoms with Gasteiger partial charge < -0.3 is 9.88 Å². The van der Waals surface area contributed by atoms with E-state index in [4.69, 9.17) is 0 Å². The smallest absolute Gasteiger partial charge is 0.270 e. The highest BCUT2D eigenvalue weighted by molar-refractivity contribution is 7.98. The molecule has 0 spiro atoms. The average molecular weight is 240 g/mol. The molecule has 1 atom stereocenters. The van der Waals surface area contributed by atoms with Gasteiger partial charge in [0.2, 0.25) is 5.56 Å². The molecule has 0 bridgehead atoms. The van der Waals surface area contributed by atoms with Crippen LogP contribution in [0.25, 0.3) is 0 Å². The Bertz CT molecular complexity index is 416. The summed E-state index contributed by atoms with van der Waals surface area (Å²) < 4.78 is 0. The molecule has 0 saturated heterocycles. The molecule has 0 aliphatic rings. The van der Waals surface area contributed by atoms with Crippen molar-refractivity contribution in [2.24, 2.45) is 0 Å². The standard InChI is InChI=1S/C11H16N2O2S/c1-8(7-16-3)13(2)11(15)9-5-4-6-10(14)12-9/h4-6,8H,7H2,1-3H3,(H,12,14). The Morgan fingerprint density at radius 3 is 2.81 bits per heavy atom. The van der Waals surface area contributed by atoms with Crippen molar-refractivity contribution in [3.05, 3.63) is 34.2 Å². The highest BCUT2D eigenvalue weighted by atomic mass is 32.2. The number of carbonyl (C=O) groups is 1. The molecule has 1 aromatic heterocycles. The highest BCUT2D eigenvalue weighted by Crippen LogP contribution is 2.07. The lowest BCUT2D eigenvalue weighted by Crippen LogP contribution is -2.37. The Morgan fingerprint density at radius 2 is 2.25 bits per heavy atom. The molecular formula is C11H16N2O2S. The summed E-state index contributed by atoms with van der Waals surface area (Å²) in [7, 11) is 1.74. The van der Waals surface area contributed by atoms with Crippen molar-refractivity contribution in [3.8, 4) is 0 Å². The number of pyridine rings is 1. The second-order valence-electron chi connectivity index (χ2n) is 3.65. The van der Waals surface area contributed by atoms with Gasteiger partial charge in [-0.05, 0) is 19.2 Å². The number of carbonyl (C=O) groups excluding carboxylic acids is 1. The van der Waals surface area contributed by atoms with Gasteiger partial charge in [0, 0.05) is 24.9 Å². The van der Waals surface area contributed by atoms with Gasteiger partial charge in [0.1, 0.15) is 5.69 Å². The van der Waals surface area contributed by atoms with Crippen LogP contribution in [0.5, 0.6) is 0 Å². The Kier molecular flexibility index (Phi) is 4.61. The number of thioether (sulfide) groups is 1. The Hall–Kier alpha value is -1.23. The van der Waals surface area contributed by atoms with E-state index in [9.17, 15) is 9.59 Å². The van der Waals surface area contributed by atoms with Crippen LogP contribution in [0, 0.1) is 0 Å². The van der Waals surface area contributed by atoms with Crippen molar-refractivity contribution >= 4 is 17.7 Å². The van der Waals surface area contributed by atoms with Gasteiger partial charge in [0.25, 0.3) is 5.91 Å². The first-order chi connectivity index (χ1) is 7.56. The number of hydrogen-bond acceptors (Lipinski definition) is 3. The zero-order valence-electron chi connectivity index (χ0n) is 9.69. The monoisotopic (exact) mass is 240 g/mol. The Morgan fingerprint density at radius 1 is 1.56 bits per heavy atom. The second kappa shape index (κ2) is 5.75. The maximum atomic E-state index is 12.0. The van der Waals surface area contributed by atoms with Crippen molar-refractivity contribution < 1.29 is 4.79 Å². The Labute approximate surface area is 99.0 Å². The summed E-state index contributed by atoms with van der Waals surface area (Å²) in [5, 5.41) is 0. The van der Waals surface area contributed by atoms with Gasteiger partial charge in [-0.15, -0.1) is 0 Å². The fourth-order valence-electron chi connectivity index (χ4n) is 1.32. The largest absolute Gasteiger partial charge is 0.337 e. The van der Waals surface area contributed by atoms with E-state index in [1.54, 1.807) is 35.8 Å². The number of aromatic amines is 1. The van der Waals surface area contributed by atoms with E-state index in [1.807, 2.05) is 13.2 Å². The zero-order chi connectivity index (χ0) is 12.1. The molecule has 88 valence electrons. The molecule has 1 aromatic rings. The van der Waals surface area contributed by atoms with Crippen LogP contribution in [0.4, 0.5) is 0 Å². The van der Waals surface area contributed by atoms with Crippen molar-refractivity contribution in [2.75, 3.05) is 19.1 Å². The average Bonchev–Trinajstić information content (AvgIpc) is 2.27. The van der Waals surface area contributed by atoms with Crippen LogP contribution in [0.1, 0.15) is 17.4 Å². The number of nitrogens with zero attached hydrogens (tertiary/aromatic N) is 1. The molecule has 1 heterocycles. The summed E-state index contributed by atoms with van der Waals surface area (Å²) in [6.07, 6.45) is 2.00. The normalized spacial score (nSPS) is 12.2. The minimum Gasteiger partial charge on any atom is -0.337 e. The van der Waals surface area contributed by atoms with E-state index in [2.05, 4.69) is 4.98 Å². The molecule has 0 saturated carbocycles. The van der Waals surface area contributed by atoms with E-state index in [1.165, 1.54) is 6.07 Å². The molecule has 4 nitrogen and oxygen atoms in total. The lowest BCUT2D eigenvalue weighted by molar-refractivity contribution is 0.0751. The van der Waals surface area contributed by atoms with Gasteiger partial charge in [-0.3, -0.25) is 9.59 Å². The van der Waals surface area contributed by atoms with Crippen LogP contribution in [-0.4, -0.2) is 40.9 Å². The summed E-state index contributed by atoms with van der Waals surface area (Å²) >= 11 is 1.69. The molecule has 1 N–H and O–H groups in total. The quantitative estimate of drug-likeness (QED) is 0.860. The number of hydrogen-bond donors (Lipinski definition) is 1. The van der Waals surface area contributed by atoms with Gasteiger partial charge >= 0.3 is 0 Å². The maximum Gasteiger partial charge on any atom is 0.270 e. The van der Waals surface area contributed by atoms with Gasteiger partial charge in [-0.25, -0.2) is 0 Å². The summed E-state index contributed by atoms with van der Waals surface area (Å²) in [5.41, 5.74) is 0.0831. The lowest BCUT2D eigenvalue weighted by Gasteiger charge is -2.24. The second-order valence-corrected chi connectivity index (χ2v) is 4.56. The van der Waals surface area contributed by atoms with Crippen molar-refractivity contribution in [2.45, 2.75) is 13.0 Å². The predicted octanol–water partition coefficient (Wildman–Crippen LogP) is 1.20. The van der Waals surface area contributed by atoms with Crippen LogP contribution < -0.4 is 5.56 Å². The molecule has 5 heteroatoms. The molecule has 0 aromatic carbocycles. The maximum absolute atomic E-state index is 12.0. The minimum atomic E-state index is -0.253. The Balaban J connectivity index is 2.81. The predicted molar refractivity (Wildman–Crippen MR) is 67.0 cm³/mol. The lowest BCUT2D eigenvalue weighted by atomic mass is 10.2. The van der Waals surface area contributed by atoms with E-state index >= 15 is 0 Å². The topological polar surface area (TPSA) is 53.2 Å². The number of aromatic nitrogens is 1. The summed E-state index contributed by atoms with van der Waals surface area (Å²) in [6, 6.07) is 4.74. The molecule has 0 aliphatic carbocycles. The first-order valence-electron chi connectivity index (χ1n) is 5.01. The van der Waals surface area contributed by atoms with Crippen LogP contribution in [0.2, 0.25) is 0 Å². The van der Waals surface area contributed by atoms with E-state index in [0.29, 0.717) is 5.69 Å². The van der Waals surface area contributed by atoms with Crippen LogP contribution >= 0.6 is 11.8 Å². The fraction of sp³-hybridized carbons (Fsp3) is 0.455. The molecule has 0 radical (unpaired) electrons. The SMILES string of the molecule is CSCC(C)N(C)C(=O)c1cccc(=O)[nH]1. The molecule has 16 heavy (non-hydrogen) atoms. The molecule has 1 amide bonds. The third-order valence-electron chi connectivity index (χ3n) is 2.39. The molecule has 0 aliphatic heterocycles. The van der Waals surface area contributed by atoms with Crippen molar-refractivity contribution in [1.29, 1.82) is 0 Å². The van der Waals surface area contributed by atoms with Crippen molar-refractivity contribution in [1.82, 2.24) is 9.88 Å². The zero-order valence-corrected chi connectivity index (χ0v) is 10.5. The first kappa shape index (κ1) is 12.8. The van der Waals surface area contributed by atoms with Crippen LogP contribution in [0.15, 0.2) is 23.0 Å². The summed E-state index contributed by atoms with van der Waals surface area (Å²) in [4.78, 5) is 27.2. The number of rotatable bonds is 4. The highest BCUT2D eigenvalue weighted by Gasteiger charge is 2.17. The third-order valence-corrected chi connectivity index (χ3v) is 3.20. The summed E-state index contributed by atoms with van der Waals surface area (Å²) in [5.74, 6) is 0.721. The van der Waals surface area contributed by atoms with Crippen LogP contribution in [0.3, 0.4) is 0 Å². The van der Waals surface area contributed by atoms with E-state index in [0.717, 1.165) is 5.75 Å². The number of amides is 1. The fourth-order valence-corrected chi connectivity index (χ4v) is 2.02. The van der Waals surface area contributed by atoms with Gasteiger partial charge in [-0.1, -0.05) is 6.07 Å². The number of nitrogens with one attached hydrogen (secondary N) is 1. The number of H-pyrrole nitrogens is 1. The molecule has 0 fully saturated rings. The molecular weight excluding hydrogens is 224 g/mol. The van der Waals surface area contributed by atoms with E-state index < -0.39 is 0 Å². The van der Waals surface area contributed by atoms with E-state index in [-0.39, 0.29) is 17.5 Å². The van der Waals surface area contributed by atoms with Gasteiger partial charge in [0.15, 0.2) is 0 Å². The minimum absolute atomic E-state index is 0.145. The van der Waals surface area contributed by atoms with Gasteiger partial charge in [0.05, 0.1) is 0 Å².